The highest BCUT2D eigenvalue weighted by molar-refractivity contribution is 7.19. The quantitative estimate of drug-likeness (QED) is 0.832. The van der Waals surface area contributed by atoms with Crippen LogP contribution in [0.1, 0.15) is 18.9 Å². The molecule has 0 aliphatic carbocycles. The Morgan fingerprint density at radius 2 is 2.38 bits per heavy atom. The van der Waals surface area contributed by atoms with Gasteiger partial charge in [0.05, 0.1) is 15.4 Å². The van der Waals surface area contributed by atoms with Gasteiger partial charge in [-0.05, 0) is 25.1 Å². The van der Waals surface area contributed by atoms with Gasteiger partial charge in [-0.15, -0.1) is 11.3 Å². The Morgan fingerprint density at radius 1 is 1.50 bits per heavy atom. The molecule has 2 rings (SSSR count). The molecule has 5 heteroatoms. The van der Waals surface area contributed by atoms with Crippen molar-refractivity contribution in [3.05, 3.63) is 28.2 Å². The summed E-state index contributed by atoms with van der Waals surface area (Å²) in [7, 11) is 0. The molecule has 86 valence electrons. The van der Waals surface area contributed by atoms with E-state index in [0.717, 1.165) is 40.0 Å². The number of hydrogen-bond donors (Lipinski definition) is 1. The van der Waals surface area contributed by atoms with Crippen molar-refractivity contribution in [3.63, 3.8) is 0 Å². The Morgan fingerprint density at radius 3 is 3.06 bits per heavy atom. The van der Waals surface area contributed by atoms with E-state index >= 15 is 0 Å². The number of aromatic nitrogens is 1. The number of hydrogen-bond acceptors (Lipinski definition) is 4. The standard InChI is InChI=1S/C11H13ClN2OS/c1-2-5-13-6-8-7-14-15-11(8)9-3-4-10(12)16-9/h3-4,7,13H,2,5-6H2,1H3. The van der Waals surface area contributed by atoms with E-state index in [-0.39, 0.29) is 0 Å². The lowest BCUT2D eigenvalue weighted by atomic mass is 10.2. The van der Waals surface area contributed by atoms with Crippen molar-refractivity contribution in [2.75, 3.05) is 6.54 Å². The first-order chi connectivity index (χ1) is 7.81. The topological polar surface area (TPSA) is 38.1 Å². The van der Waals surface area contributed by atoms with Crippen LogP contribution in [0.15, 0.2) is 22.9 Å². The van der Waals surface area contributed by atoms with Gasteiger partial charge in [0.25, 0.3) is 0 Å². The van der Waals surface area contributed by atoms with Crippen LogP contribution < -0.4 is 5.32 Å². The van der Waals surface area contributed by atoms with Gasteiger partial charge < -0.3 is 9.84 Å². The van der Waals surface area contributed by atoms with Crippen molar-refractivity contribution in [1.29, 1.82) is 0 Å². The lowest BCUT2D eigenvalue weighted by Crippen LogP contribution is -2.13. The summed E-state index contributed by atoms with van der Waals surface area (Å²) in [4.78, 5) is 1.02. The van der Waals surface area contributed by atoms with Crippen molar-refractivity contribution < 1.29 is 4.52 Å². The number of thiophene rings is 1. The smallest absolute Gasteiger partial charge is 0.181 e. The zero-order valence-electron chi connectivity index (χ0n) is 9.00. The highest BCUT2D eigenvalue weighted by Gasteiger charge is 2.12. The molecule has 0 amide bonds. The van der Waals surface area contributed by atoms with Crippen molar-refractivity contribution in [1.82, 2.24) is 10.5 Å². The van der Waals surface area contributed by atoms with Crippen LogP contribution in [0.2, 0.25) is 4.34 Å². The van der Waals surface area contributed by atoms with Gasteiger partial charge in [0.15, 0.2) is 5.76 Å². The molecule has 0 aromatic carbocycles. The molecule has 2 heterocycles. The molecule has 2 aromatic rings. The third kappa shape index (κ3) is 2.64. The average Bonchev–Trinajstić information content (AvgIpc) is 2.87. The van der Waals surface area contributed by atoms with Gasteiger partial charge in [-0.2, -0.15) is 0 Å². The zero-order valence-corrected chi connectivity index (χ0v) is 10.6. The predicted octanol–water partition coefficient (Wildman–Crippen LogP) is 3.56. The van der Waals surface area contributed by atoms with Crippen molar-refractivity contribution in [2.45, 2.75) is 19.9 Å². The van der Waals surface area contributed by atoms with Crippen LogP contribution in [-0.2, 0) is 6.54 Å². The Kier molecular flexibility index (Phi) is 3.98. The minimum absolute atomic E-state index is 0.763. The third-order valence-corrected chi connectivity index (χ3v) is 3.41. The maximum Gasteiger partial charge on any atom is 0.181 e. The first-order valence-corrected chi connectivity index (χ1v) is 6.40. The van der Waals surface area contributed by atoms with E-state index in [1.807, 2.05) is 12.1 Å². The first kappa shape index (κ1) is 11.6. The molecule has 2 aromatic heterocycles. The van der Waals surface area contributed by atoms with Crippen LogP contribution in [0.5, 0.6) is 0 Å². The second-order valence-corrected chi connectivity index (χ2v) is 5.18. The molecule has 0 bridgehead atoms. The first-order valence-electron chi connectivity index (χ1n) is 5.21. The van der Waals surface area contributed by atoms with Crippen LogP contribution in [0.25, 0.3) is 10.6 Å². The van der Waals surface area contributed by atoms with Crippen molar-refractivity contribution in [2.24, 2.45) is 0 Å². The number of nitrogens with one attached hydrogen (secondary N) is 1. The van der Waals surface area contributed by atoms with Crippen molar-refractivity contribution in [3.8, 4) is 10.6 Å². The summed E-state index contributed by atoms with van der Waals surface area (Å²) in [6.45, 7) is 3.92. The Labute approximate surface area is 103 Å². The highest BCUT2D eigenvalue weighted by Crippen LogP contribution is 2.32. The molecule has 0 saturated heterocycles. The molecule has 0 spiro atoms. The summed E-state index contributed by atoms with van der Waals surface area (Å²) in [5, 5.41) is 7.16. The minimum atomic E-state index is 0.763. The van der Waals surface area contributed by atoms with Gasteiger partial charge in [0.2, 0.25) is 0 Å². The molecule has 0 saturated carbocycles. The van der Waals surface area contributed by atoms with Gasteiger partial charge in [0.1, 0.15) is 0 Å². The van der Waals surface area contributed by atoms with E-state index in [4.69, 9.17) is 16.1 Å². The van der Waals surface area contributed by atoms with Gasteiger partial charge in [0, 0.05) is 12.1 Å². The summed E-state index contributed by atoms with van der Waals surface area (Å²) < 4.78 is 6.02. The van der Waals surface area contributed by atoms with E-state index < -0.39 is 0 Å². The van der Waals surface area contributed by atoms with E-state index in [9.17, 15) is 0 Å². The van der Waals surface area contributed by atoms with Gasteiger partial charge in [-0.3, -0.25) is 0 Å². The lowest BCUT2D eigenvalue weighted by molar-refractivity contribution is 0.432. The van der Waals surface area contributed by atoms with Crippen LogP contribution >= 0.6 is 22.9 Å². The Bertz CT molecular complexity index is 452. The SMILES string of the molecule is CCCNCc1cnoc1-c1ccc(Cl)s1. The monoisotopic (exact) mass is 256 g/mol. The summed E-state index contributed by atoms with van der Waals surface area (Å²) in [6, 6.07) is 3.82. The van der Waals surface area contributed by atoms with Gasteiger partial charge in [-0.1, -0.05) is 23.7 Å². The maximum absolute atomic E-state index is 5.90. The molecule has 16 heavy (non-hydrogen) atoms. The summed E-state index contributed by atoms with van der Waals surface area (Å²) in [5.41, 5.74) is 1.08. The van der Waals surface area contributed by atoms with Crippen LogP contribution in [0.3, 0.4) is 0 Å². The minimum Gasteiger partial charge on any atom is -0.355 e. The number of halogens is 1. The van der Waals surface area contributed by atoms with Crippen LogP contribution in [0, 0.1) is 0 Å². The molecule has 1 N–H and O–H groups in total. The Balaban J connectivity index is 2.12. The predicted molar refractivity (Wildman–Crippen MR) is 66.8 cm³/mol. The average molecular weight is 257 g/mol. The molecular weight excluding hydrogens is 244 g/mol. The lowest BCUT2D eigenvalue weighted by Gasteiger charge is -2.00. The fourth-order valence-electron chi connectivity index (χ4n) is 1.43. The second kappa shape index (κ2) is 5.48. The zero-order chi connectivity index (χ0) is 11.4. The molecule has 0 atom stereocenters. The molecule has 0 fully saturated rings. The number of rotatable bonds is 5. The van der Waals surface area contributed by atoms with E-state index in [2.05, 4.69) is 17.4 Å². The normalized spacial score (nSPS) is 10.9. The van der Waals surface area contributed by atoms with Gasteiger partial charge in [-0.25, -0.2) is 0 Å². The third-order valence-electron chi connectivity index (χ3n) is 2.18. The fourth-order valence-corrected chi connectivity index (χ4v) is 2.48. The molecule has 0 unspecified atom stereocenters. The second-order valence-electron chi connectivity index (χ2n) is 3.46. The molecule has 0 radical (unpaired) electrons. The van der Waals surface area contributed by atoms with E-state index in [1.165, 1.54) is 11.3 Å². The summed E-state index contributed by atoms with van der Waals surface area (Å²) in [5.74, 6) is 0.820. The highest BCUT2D eigenvalue weighted by atomic mass is 35.5. The van der Waals surface area contributed by atoms with E-state index in [1.54, 1.807) is 6.20 Å². The fraction of sp³-hybridized carbons (Fsp3) is 0.364. The summed E-state index contributed by atoms with van der Waals surface area (Å²) in [6.07, 6.45) is 2.87. The van der Waals surface area contributed by atoms with Crippen LogP contribution in [-0.4, -0.2) is 11.7 Å². The van der Waals surface area contributed by atoms with Crippen LogP contribution in [0.4, 0.5) is 0 Å². The molecule has 0 aliphatic heterocycles. The van der Waals surface area contributed by atoms with E-state index in [0.29, 0.717) is 0 Å². The largest absolute Gasteiger partial charge is 0.355 e. The molecule has 0 aliphatic rings. The number of nitrogens with zero attached hydrogens (tertiary/aromatic N) is 1. The van der Waals surface area contributed by atoms with Gasteiger partial charge >= 0.3 is 0 Å². The Hall–Kier alpha value is -0.840. The molecular formula is C11H13ClN2OS. The molecule has 3 nitrogen and oxygen atoms in total. The van der Waals surface area contributed by atoms with Crippen molar-refractivity contribution >= 4 is 22.9 Å². The maximum atomic E-state index is 5.90. The summed E-state index contributed by atoms with van der Waals surface area (Å²) >= 11 is 7.40.